The second-order valence-corrected chi connectivity index (χ2v) is 6.52. The lowest BCUT2D eigenvalue weighted by Crippen LogP contribution is -2.20. The summed E-state index contributed by atoms with van der Waals surface area (Å²) >= 11 is 1.27. The molecule has 0 fully saturated rings. The normalized spacial score (nSPS) is 13.0. The van der Waals surface area contributed by atoms with E-state index in [9.17, 15) is 14.4 Å². The van der Waals surface area contributed by atoms with Crippen LogP contribution in [0, 0.1) is 0 Å². The van der Waals surface area contributed by atoms with E-state index in [1.165, 1.54) is 30.4 Å². The van der Waals surface area contributed by atoms with Gasteiger partial charge in [-0.15, -0.1) is 11.3 Å². The molecular formula is C17H16N2O5S. The highest BCUT2D eigenvalue weighted by atomic mass is 32.1. The first kappa shape index (κ1) is 17.1. The second-order valence-electron chi connectivity index (χ2n) is 5.42. The third kappa shape index (κ3) is 3.54. The van der Waals surface area contributed by atoms with Crippen LogP contribution in [-0.4, -0.2) is 24.4 Å². The third-order valence-electron chi connectivity index (χ3n) is 3.68. The summed E-state index contributed by atoms with van der Waals surface area (Å²) in [5.41, 5.74) is 6.84. The lowest BCUT2D eigenvalue weighted by molar-refractivity contribution is -0.131. The second kappa shape index (κ2) is 7.04. The molecule has 1 aliphatic rings. The zero-order valence-corrected chi connectivity index (χ0v) is 14.3. The minimum Gasteiger partial charge on any atom is -0.426 e. The Morgan fingerprint density at radius 1 is 1.28 bits per heavy atom. The van der Waals surface area contributed by atoms with Crippen LogP contribution in [0.4, 0.5) is 5.00 Å². The number of anilines is 1. The maximum absolute atomic E-state index is 12.6. The number of hydrogen-bond acceptors (Lipinski definition) is 6. The van der Waals surface area contributed by atoms with Crippen molar-refractivity contribution in [3.8, 4) is 5.75 Å². The molecule has 0 unspecified atom stereocenters. The van der Waals surface area contributed by atoms with E-state index in [1.807, 2.05) is 0 Å². The van der Waals surface area contributed by atoms with Crippen molar-refractivity contribution in [2.24, 2.45) is 5.73 Å². The highest BCUT2D eigenvalue weighted by Crippen LogP contribution is 2.36. The summed E-state index contributed by atoms with van der Waals surface area (Å²) in [6.45, 7) is 2.15. The van der Waals surface area contributed by atoms with Crippen molar-refractivity contribution in [3.05, 3.63) is 45.8 Å². The Labute approximate surface area is 147 Å². The summed E-state index contributed by atoms with van der Waals surface area (Å²) < 4.78 is 10.4. The van der Waals surface area contributed by atoms with Gasteiger partial charge in [-0.1, -0.05) is 12.1 Å². The Kier molecular flexibility index (Phi) is 4.82. The molecule has 0 bridgehead atoms. The monoisotopic (exact) mass is 360 g/mol. The number of hydrogen-bond donors (Lipinski definition) is 2. The summed E-state index contributed by atoms with van der Waals surface area (Å²) in [5.74, 6) is -1.46. The van der Waals surface area contributed by atoms with E-state index >= 15 is 0 Å². The molecule has 130 valence electrons. The predicted octanol–water partition coefficient (Wildman–Crippen LogP) is 2.10. The Bertz CT molecular complexity index is 859. The molecule has 2 amide bonds. The number of amides is 2. The smallest absolute Gasteiger partial charge is 0.308 e. The number of para-hydroxylation sites is 1. The van der Waals surface area contributed by atoms with Crippen LogP contribution in [0.2, 0.25) is 0 Å². The van der Waals surface area contributed by atoms with Gasteiger partial charge >= 0.3 is 5.97 Å². The van der Waals surface area contributed by atoms with Gasteiger partial charge < -0.3 is 20.5 Å². The van der Waals surface area contributed by atoms with Gasteiger partial charge in [0.15, 0.2) is 0 Å². The van der Waals surface area contributed by atoms with Crippen LogP contribution in [0.15, 0.2) is 24.3 Å². The van der Waals surface area contributed by atoms with Crippen LogP contribution in [-0.2, 0) is 22.6 Å². The number of ether oxygens (including phenoxy) is 2. The van der Waals surface area contributed by atoms with E-state index in [-0.39, 0.29) is 11.3 Å². The summed E-state index contributed by atoms with van der Waals surface area (Å²) in [5, 5.41) is 3.09. The molecule has 25 heavy (non-hydrogen) atoms. The number of carbonyl (C=O) groups is 3. The molecular weight excluding hydrogens is 344 g/mol. The minimum absolute atomic E-state index is 0.151. The Balaban J connectivity index is 1.93. The quantitative estimate of drug-likeness (QED) is 0.641. The van der Waals surface area contributed by atoms with Crippen molar-refractivity contribution < 1.29 is 23.9 Å². The summed E-state index contributed by atoms with van der Waals surface area (Å²) in [4.78, 5) is 36.6. The molecule has 3 rings (SSSR count). The number of rotatable bonds is 4. The summed E-state index contributed by atoms with van der Waals surface area (Å²) in [6.07, 6.45) is 0.573. The van der Waals surface area contributed by atoms with Gasteiger partial charge in [0.2, 0.25) is 0 Å². The summed E-state index contributed by atoms with van der Waals surface area (Å²) in [6, 6.07) is 6.38. The number of primary amides is 1. The Morgan fingerprint density at radius 3 is 2.76 bits per heavy atom. The molecule has 1 aliphatic heterocycles. The molecule has 0 saturated carbocycles. The third-order valence-corrected chi connectivity index (χ3v) is 4.80. The van der Waals surface area contributed by atoms with Gasteiger partial charge in [-0.3, -0.25) is 14.4 Å². The minimum atomic E-state index is -0.594. The maximum atomic E-state index is 12.6. The van der Waals surface area contributed by atoms with E-state index < -0.39 is 17.8 Å². The molecule has 3 N–H and O–H groups in total. The van der Waals surface area contributed by atoms with Gasteiger partial charge in [-0.25, -0.2) is 0 Å². The first-order chi connectivity index (χ1) is 12.0. The van der Waals surface area contributed by atoms with Crippen molar-refractivity contribution in [2.45, 2.75) is 20.0 Å². The molecule has 2 heterocycles. The van der Waals surface area contributed by atoms with Gasteiger partial charge in [0.25, 0.3) is 11.8 Å². The zero-order valence-electron chi connectivity index (χ0n) is 13.5. The van der Waals surface area contributed by atoms with Gasteiger partial charge in [0.1, 0.15) is 10.8 Å². The van der Waals surface area contributed by atoms with Gasteiger partial charge in [0.05, 0.1) is 24.3 Å². The number of nitrogens with two attached hydrogens (primary N) is 1. The van der Waals surface area contributed by atoms with E-state index in [0.29, 0.717) is 30.2 Å². The fraction of sp³-hybridized carbons (Fsp3) is 0.235. The highest BCUT2D eigenvalue weighted by Gasteiger charge is 2.26. The number of carbonyl (C=O) groups excluding carboxylic acids is 3. The van der Waals surface area contributed by atoms with Crippen molar-refractivity contribution in [1.29, 1.82) is 0 Å². The largest absolute Gasteiger partial charge is 0.426 e. The van der Waals surface area contributed by atoms with E-state index in [0.717, 1.165) is 10.4 Å². The molecule has 1 aromatic carbocycles. The van der Waals surface area contributed by atoms with Crippen molar-refractivity contribution in [3.63, 3.8) is 0 Å². The SMILES string of the molecule is CC(=O)Oc1ccccc1C(=O)Nc1sc2c(c1C(N)=O)CCOC2. The van der Waals surface area contributed by atoms with Crippen LogP contribution < -0.4 is 15.8 Å². The maximum Gasteiger partial charge on any atom is 0.308 e. The molecule has 0 spiro atoms. The van der Waals surface area contributed by atoms with Crippen LogP contribution >= 0.6 is 11.3 Å². The molecule has 7 nitrogen and oxygen atoms in total. The molecule has 0 aliphatic carbocycles. The topological polar surface area (TPSA) is 108 Å². The molecule has 1 aromatic heterocycles. The van der Waals surface area contributed by atoms with E-state index in [4.69, 9.17) is 15.2 Å². The molecule has 0 radical (unpaired) electrons. The van der Waals surface area contributed by atoms with Crippen molar-refractivity contribution >= 4 is 34.1 Å². The van der Waals surface area contributed by atoms with Gasteiger partial charge in [-0.05, 0) is 24.1 Å². The van der Waals surface area contributed by atoms with Crippen LogP contribution in [0.25, 0.3) is 0 Å². The standard InChI is InChI=1S/C17H16N2O5S/c1-9(20)24-12-5-3-2-4-10(12)16(22)19-17-14(15(18)21)11-6-7-23-8-13(11)25-17/h2-5H,6-8H2,1H3,(H2,18,21)(H,19,22). The average molecular weight is 360 g/mol. The molecule has 8 heteroatoms. The highest BCUT2D eigenvalue weighted by molar-refractivity contribution is 7.17. The average Bonchev–Trinajstić information content (AvgIpc) is 2.92. The van der Waals surface area contributed by atoms with E-state index in [2.05, 4.69) is 5.32 Å². The van der Waals surface area contributed by atoms with Gasteiger partial charge in [-0.2, -0.15) is 0 Å². The van der Waals surface area contributed by atoms with Crippen molar-refractivity contribution in [1.82, 2.24) is 0 Å². The summed E-state index contributed by atoms with van der Waals surface area (Å²) in [7, 11) is 0. The molecule has 2 aromatic rings. The Hall–Kier alpha value is -2.71. The number of fused-ring (bicyclic) bond motifs is 1. The van der Waals surface area contributed by atoms with Crippen LogP contribution in [0.5, 0.6) is 5.75 Å². The number of esters is 1. The van der Waals surface area contributed by atoms with Gasteiger partial charge in [0, 0.05) is 11.8 Å². The molecule has 0 atom stereocenters. The Morgan fingerprint density at radius 2 is 2.04 bits per heavy atom. The first-order valence-corrected chi connectivity index (χ1v) is 8.40. The number of benzene rings is 1. The lowest BCUT2D eigenvalue weighted by Gasteiger charge is -2.12. The van der Waals surface area contributed by atoms with Crippen molar-refractivity contribution in [2.75, 3.05) is 11.9 Å². The first-order valence-electron chi connectivity index (χ1n) is 7.58. The lowest BCUT2D eigenvalue weighted by atomic mass is 10.1. The zero-order chi connectivity index (χ0) is 18.0. The fourth-order valence-electron chi connectivity index (χ4n) is 2.65. The molecule has 0 saturated heterocycles. The number of thiophene rings is 1. The van der Waals surface area contributed by atoms with Crippen LogP contribution in [0.1, 0.15) is 38.1 Å². The fourth-order valence-corrected chi connectivity index (χ4v) is 3.84. The van der Waals surface area contributed by atoms with E-state index in [1.54, 1.807) is 12.1 Å². The van der Waals surface area contributed by atoms with Crippen LogP contribution in [0.3, 0.4) is 0 Å². The number of nitrogens with one attached hydrogen (secondary N) is 1. The predicted molar refractivity (Wildman–Crippen MR) is 91.9 cm³/mol.